The molecule has 2 rings (SSSR count). The molecule has 0 saturated carbocycles. The predicted molar refractivity (Wildman–Crippen MR) is 66.9 cm³/mol. The summed E-state index contributed by atoms with van der Waals surface area (Å²) < 4.78 is 13.7. The van der Waals surface area contributed by atoms with Gasteiger partial charge in [0.25, 0.3) is 0 Å². The van der Waals surface area contributed by atoms with Gasteiger partial charge in [0.15, 0.2) is 5.78 Å². The molecule has 3 heteroatoms. The lowest BCUT2D eigenvalue weighted by Crippen LogP contribution is -2.04. The van der Waals surface area contributed by atoms with Crippen LogP contribution >= 0.6 is 0 Å². The standard InChI is InChI=1S/C15H13FO2/c1-10(17)12-7-8-14(16)13(9-12)15(18)11-5-3-2-4-6-11/h2-9,15,18H,1H3. The van der Waals surface area contributed by atoms with Gasteiger partial charge in [-0.3, -0.25) is 4.79 Å². The Bertz CT molecular complexity index is 564. The van der Waals surface area contributed by atoms with Crippen LogP contribution < -0.4 is 0 Å². The van der Waals surface area contributed by atoms with E-state index < -0.39 is 11.9 Å². The number of Topliss-reactive ketones (excluding diaryl/α,β-unsaturated/α-hetero) is 1. The third-order valence-electron chi connectivity index (χ3n) is 2.81. The molecule has 1 atom stereocenters. The van der Waals surface area contributed by atoms with E-state index in [1.807, 2.05) is 6.07 Å². The van der Waals surface area contributed by atoms with E-state index in [0.29, 0.717) is 11.1 Å². The molecule has 0 aliphatic rings. The minimum Gasteiger partial charge on any atom is -0.384 e. The van der Waals surface area contributed by atoms with Crippen LogP contribution in [0.5, 0.6) is 0 Å². The smallest absolute Gasteiger partial charge is 0.159 e. The van der Waals surface area contributed by atoms with Gasteiger partial charge in [-0.05, 0) is 30.7 Å². The average molecular weight is 244 g/mol. The van der Waals surface area contributed by atoms with Crippen molar-refractivity contribution in [3.8, 4) is 0 Å². The van der Waals surface area contributed by atoms with Crippen LogP contribution in [0, 0.1) is 5.82 Å². The minimum absolute atomic E-state index is 0.119. The minimum atomic E-state index is -1.06. The van der Waals surface area contributed by atoms with E-state index in [2.05, 4.69) is 0 Å². The van der Waals surface area contributed by atoms with Crippen LogP contribution in [-0.4, -0.2) is 10.9 Å². The van der Waals surface area contributed by atoms with Crippen molar-refractivity contribution in [1.29, 1.82) is 0 Å². The molecule has 0 fully saturated rings. The van der Waals surface area contributed by atoms with Crippen molar-refractivity contribution in [3.05, 3.63) is 71.0 Å². The molecule has 1 N–H and O–H groups in total. The van der Waals surface area contributed by atoms with Crippen LogP contribution in [0.4, 0.5) is 4.39 Å². The predicted octanol–water partition coefficient (Wildman–Crippen LogP) is 3.11. The summed E-state index contributed by atoms with van der Waals surface area (Å²) in [6.07, 6.45) is -1.06. The molecule has 0 radical (unpaired) electrons. The van der Waals surface area contributed by atoms with E-state index in [4.69, 9.17) is 0 Å². The molecule has 0 heterocycles. The van der Waals surface area contributed by atoms with E-state index in [9.17, 15) is 14.3 Å². The Morgan fingerprint density at radius 1 is 1.17 bits per heavy atom. The molecule has 0 aliphatic heterocycles. The largest absolute Gasteiger partial charge is 0.384 e. The summed E-state index contributed by atoms with van der Waals surface area (Å²) in [7, 11) is 0. The first kappa shape index (κ1) is 12.5. The van der Waals surface area contributed by atoms with Gasteiger partial charge in [-0.1, -0.05) is 30.3 Å². The second kappa shape index (κ2) is 5.10. The number of rotatable bonds is 3. The zero-order chi connectivity index (χ0) is 13.1. The Balaban J connectivity index is 2.44. The summed E-state index contributed by atoms with van der Waals surface area (Å²) in [6, 6.07) is 12.8. The quantitative estimate of drug-likeness (QED) is 0.842. The number of carbonyl (C=O) groups is 1. The van der Waals surface area contributed by atoms with Crippen LogP contribution in [-0.2, 0) is 0 Å². The van der Waals surface area contributed by atoms with Crippen LogP contribution in [0.1, 0.15) is 34.5 Å². The monoisotopic (exact) mass is 244 g/mol. The van der Waals surface area contributed by atoms with Crippen molar-refractivity contribution in [3.63, 3.8) is 0 Å². The van der Waals surface area contributed by atoms with Gasteiger partial charge in [-0.2, -0.15) is 0 Å². The summed E-state index contributed by atoms with van der Waals surface area (Å²) >= 11 is 0. The lowest BCUT2D eigenvalue weighted by molar-refractivity contribution is 0.101. The number of aliphatic hydroxyl groups excluding tert-OH is 1. The molecule has 2 aromatic carbocycles. The van der Waals surface area contributed by atoms with Gasteiger partial charge in [0, 0.05) is 11.1 Å². The molecule has 0 spiro atoms. The third-order valence-corrected chi connectivity index (χ3v) is 2.81. The number of carbonyl (C=O) groups excluding carboxylic acids is 1. The molecular weight excluding hydrogens is 231 g/mol. The highest BCUT2D eigenvalue weighted by molar-refractivity contribution is 5.94. The highest BCUT2D eigenvalue weighted by Crippen LogP contribution is 2.25. The van der Waals surface area contributed by atoms with Crippen LogP contribution in [0.2, 0.25) is 0 Å². The van der Waals surface area contributed by atoms with Crippen LogP contribution in [0.3, 0.4) is 0 Å². The molecule has 18 heavy (non-hydrogen) atoms. The third kappa shape index (κ3) is 2.46. The molecule has 1 unspecified atom stereocenters. The Kier molecular flexibility index (Phi) is 3.53. The molecule has 0 aliphatic carbocycles. The van der Waals surface area contributed by atoms with E-state index in [-0.39, 0.29) is 11.3 Å². The summed E-state index contributed by atoms with van der Waals surface area (Å²) in [5.74, 6) is -0.673. The summed E-state index contributed by atoms with van der Waals surface area (Å²) in [5, 5.41) is 10.1. The molecule has 2 nitrogen and oxygen atoms in total. The topological polar surface area (TPSA) is 37.3 Å². The van der Waals surface area contributed by atoms with Gasteiger partial charge in [-0.25, -0.2) is 4.39 Å². The number of aliphatic hydroxyl groups is 1. The second-order valence-corrected chi connectivity index (χ2v) is 4.11. The first-order valence-electron chi connectivity index (χ1n) is 5.63. The zero-order valence-corrected chi connectivity index (χ0v) is 9.93. The number of hydrogen-bond donors (Lipinski definition) is 1. The SMILES string of the molecule is CC(=O)c1ccc(F)c(C(O)c2ccccc2)c1. The summed E-state index contributed by atoms with van der Waals surface area (Å²) in [4.78, 5) is 11.3. The van der Waals surface area contributed by atoms with Crippen LogP contribution in [0.25, 0.3) is 0 Å². The first-order valence-corrected chi connectivity index (χ1v) is 5.63. The molecule has 0 bridgehead atoms. The normalized spacial score (nSPS) is 12.2. The first-order chi connectivity index (χ1) is 8.59. The number of benzene rings is 2. The van der Waals surface area contributed by atoms with Gasteiger partial charge in [0.1, 0.15) is 11.9 Å². The maximum atomic E-state index is 13.7. The van der Waals surface area contributed by atoms with Crippen molar-refractivity contribution < 1.29 is 14.3 Å². The van der Waals surface area contributed by atoms with Crippen molar-refractivity contribution in [1.82, 2.24) is 0 Å². The van der Waals surface area contributed by atoms with Gasteiger partial charge in [-0.15, -0.1) is 0 Å². The molecule has 92 valence electrons. The average Bonchev–Trinajstić information content (AvgIpc) is 2.39. The Hall–Kier alpha value is -2.00. The highest BCUT2D eigenvalue weighted by atomic mass is 19.1. The van der Waals surface area contributed by atoms with E-state index in [0.717, 1.165) is 0 Å². The number of hydrogen-bond acceptors (Lipinski definition) is 2. The van der Waals surface area contributed by atoms with Gasteiger partial charge in [0.05, 0.1) is 0 Å². The van der Waals surface area contributed by atoms with Crippen molar-refractivity contribution >= 4 is 5.78 Å². The maximum Gasteiger partial charge on any atom is 0.159 e. The van der Waals surface area contributed by atoms with Crippen molar-refractivity contribution in [2.45, 2.75) is 13.0 Å². The van der Waals surface area contributed by atoms with E-state index in [1.165, 1.54) is 25.1 Å². The van der Waals surface area contributed by atoms with Gasteiger partial charge < -0.3 is 5.11 Å². The molecule has 0 amide bonds. The maximum absolute atomic E-state index is 13.7. The fourth-order valence-corrected chi connectivity index (χ4v) is 1.79. The number of halogens is 1. The van der Waals surface area contributed by atoms with Crippen molar-refractivity contribution in [2.24, 2.45) is 0 Å². The Morgan fingerprint density at radius 3 is 2.44 bits per heavy atom. The lowest BCUT2D eigenvalue weighted by atomic mass is 9.98. The highest BCUT2D eigenvalue weighted by Gasteiger charge is 2.16. The van der Waals surface area contributed by atoms with E-state index >= 15 is 0 Å². The fourth-order valence-electron chi connectivity index (χ4n) is 1.79. The molecule has 0 saturated heterocycles. The Labute approximate surface area is 105 Å². The van der Waals surface area contributed by atoms with Gasteiger partial charge in [0.2, 0.25) is 0 Å². The fraction of sp³-hybridized carbons (Fsp3) is 0.133. The van der Waals surface area contributed by atoms with Crippen molar-refractivity contribution in [2.75, 3.05) is 0 Å². The molecule has 2 aromatic rings. The van der Waals surface area contributed by atoms with Crippen LogP contribution in [0.15, 0.2) is 48.5 Å². The molecular formula is C15H13FO2. The summed E-state index contributed by atoms with van der Waals surface area (Å²) in [5.41, 5.74) is 1.10. The second-order valence-electron chi connectivity index (χ2n) is 4.11. The zero-order valence-electron chi connectivity index (χ0n) is 9.93. The molecule has 0 aromatic heterocycles. The number of ketones is 1. The lowest BCUT2D eigenvalue weighted by Gasteiger charge is -2.13. The van der Waals surface area contributed by atoms with E-state index in [1.54, 1.807) is 24.3 Å². The van der Waals surface area contributed by atoms with Gasteiger partial charge >= 0.3 is 0 Å². The Morgan fingerprint density at radius 2 is 1.83 bits per heavy atom. The summed E-state index contributed by atoms with van der Waals surface area (Å²) in [6.45, 7) is 1.41.